The van der Waals surface area contributed by atoms with Crippen LogP contribution in [0.25, 0.3) is 0 Å². The molecule has 2 aromatic rings. The molecule has 0 unspecified atom stereocenters. The molecule has 5 rings (SSSR count). The lowest BCUT2D eigenvalue weighted by Gasteiger charge is -2.39. The van der Waals surface area contributed by atoms with Crippen molar-refractivity contribution in [2.75, 3.05) is 6.54 Å². The highest BCUT2D eigenvalue weighted by molar-refractivity contribution is 7.89. The van der Waals surface area contributed by atoms with Crippen molar-refractivity contribution < 1.29 is 17.9 Å². The Labute approximate surface area is 139 Å². The second-order valence-electron chi connectivity index (χ2n) is 6.55. The van der Waals surface area contributed by atoms with Gasteiger partial charge < -0.3 is 4.74 Å². The van der Waals surface area contributed by atoms with Crippen molar-refractivity contribution in [3.8, 4) is 0 Å². The van der Waals surface area contributed by atoms with E-state index in [1.165, 1.54) is 4.31 Å². The van der Waals surface area contributed by atoms with Gasteiger partial charge in [0.15, 0.2) is 0 Å². The van der Waals surface area contributed by atoms with E-state index in [4.69, 9.17) is 4.74 Å². The molecule has 6 heteroatoms. The lowest BCUT2D eigenvalue weighted by molar-refractivity contribution is -0.155. The van der Waals surface area contributed by atoms with E-state index < -0.39 is 21.5 Å². The number of nitrogens with zero attached hydrogens (tertiary/aromatic N) is 1. The Hall–Kier alpha value is -2.18. The number of carbonyl (C=O) groups excluding carboxylic acids is 1. The molecule has 2 fully saturated rings. The molecule has 1 aliphatic carbocycles. The maximum atomic E-state index is 12.8. The van der Waals surface area contributed by atoms with Crippen LogP contribution >= 0.6 is 0 Å². The van der Waals surface area contributed by atoms with Crippen LogP contribution in [0.1, 0.15) is 17.0 Å². The number of esters is 1. The summed E-state index contributed by atoms with van der Waals surface area (Å²) in [6.45, 7) is 0.568. The van der Waals surface area contributed by atoms with E-state index in [0.717, 1.165) is 11.1 Å². The third kappa shape index (κ3) is 1.53. The molecule has 0 radical (unpaired) electrons. The first-order valence-corrected chi connectivity index (χ1v) is 9.35. The molecule has 1 saturated heterocycles. The van der Waals surface area contributed by atoms with E-state index in [0.29, 0.717) is 11.4 Å². The summed E-state index contributed by atoms with van der Waals surface area (Å²) >= 11 is 0. The minimum Gasteiger partial charge on any atom is -0.459 e. The topological polar surface area (TPSA) is 63.7 Å². The van der Waals surface area contributed by atoms with Crippen LogP contribution in [-0.4, -0.2) is 30.8 Å². The number of sulfonamides is 1. The van der Waals surface area contributed by atoms with E-state index in [9.17, 15) is 13.2 Å². The molecule has 3 atom stereocenters. The number of carbonyl (C=O) groups is 1. The van der Waals surface area contributed by atoms with Crippen LogP contribution in [-0.2, 0) is 26.2 Å². The van der Waals surface area contributed by atoms with Gasteiger partial charge in [0.2, 0.25) is 10.0 Å². The van der Waals surface area contributed by atoms with Gasteiger partial charge in [-0.3, -0.25) is 0 Å². The average molecular weight is 341 g/mol. The van der Waals surface area contributed by atoms with Crippen LogP contribution in [0, 0.1) is 5.92 Å². The minimum absolute atomic E-state index is 0.0409. The van der Waals surface area contributed by atoms with Gasteiger partial charge in [-0.15, -0.1) is 0 Å². The molecule has 122 valence electrons. The second kappa shape index (κ2) is 4.46. The summed E-state index contributed by atoms with van der Waals surface area (Å²) in [6.07, 6.45) is 0. The molecule has 3 aliphatic rings. The van der Waals surface area contributed by atoms with Crippen LogP contribution in [0.5, 0.6) is 0 Å². The fraction of sp³-hybridized carbons (Fsp3) is 0.278. The van der Waals surface area contributed by atoms with Gasteiger partial charge in [0, 0.05) is 18.4 Å². The molecule has 2 aliphatic heterocycles. The van der Waals surface area contributed by atoms with Crippen LogP contribution in [0.4, 0.5) is 0 Å². The fourth-order valence-electron chi connectivity index (χ4n) is 4.31. The van der Waals surface area contributed by atoms with E-state index in [-0.39, 0.29) is 18.4 Å². The maximum absolute atomic E-state index is 12.8. The zero-order valence-corrected chi connectivity index (χ0v) is 13.6. The van der Waals surface area contributed by atoms with E-state index in [1.807, 2.05) is 42.5 Å². The minimum atomic E-state index is -3.62. The Kier molecular flexibility index (Phi) is 2.64. The zero-order valence-electron chi connectivity index (χ0n) is 12.8. The third-order valence-corrected chi connectivity index (χ3v) is 7.43. The SMILES string of the molecule is O=C(OCc1ccccc1)[C@@]12[C@@H]3c4ccccc4S(=O)(=O)N1C[C@@H]32. The third-order valence-electron chi connectivity index (χ3n) is 5.47. The van der Waals surface area contributed by atoms with Gasteiger partial charge in [-0.25, -0.2) is 13.2 Å². The molecular weight excluding hydrogens is 326 g/mol. The van der Waals surface area contributed by atoms with Crippen molar-refractivity contribution >= 4 is 16.0 Å². The van der Waals surface area contributed by atoms with Gasteiger partial charge in [0.05, 0.1) is 4.90 Å². The number of hydrogen-bond acceptors (Lipinski definition) is 4. The first kappa shape index (κ1) is 14.2. The molecule has 0 amide bonds. The Morgan fingerprint density at radius 2 is 1.83 bits per heavy atom. The highest BCUT2D eigenvalue weighted by Crippen LogP contribution is 2.73. The van der Waals surface area contributed by atoms with Crippen molar-refractivity contribution in [1.29, 1.82) is 0 Å². The molecule has 1 saturated carbocycles. The lowest BCUT2D eigenvalue weighted by atomic mass is 10.0. The lowest BCUT2D eigenvalue weighted by Crippen LogP contribution is -2.59. The number of fused-ring (bicyclic) bond motifs is 3. The summed E-state index contributed by atoms with van der Waals surface area (Å²) in [5.41, 5.74) is 0.650. The second-order valence-corrected chi connectivity index (χ2v) is 8.38. The van der Waals surface area contributed by atoms with Crippen LogP contribution in [0.3, 0.4) is 0 Å². The first-order valence-electron chi connectivity index (χ1n) is 7.91. The predicted molar refractivity (Wildman–Crippen MR) is 85.5 cm³/mol. The summed E-state index contributed by atoms with van der Waals surface area (Å²) in [4.78, 5) is 13.1. The molecule has 0 bridgehead atoms. The van der Waals surface area contributed by atoms with E-state index in [1.54, 1.807) is 12.1 Å². The fourth-order valence-corrected chi connectivity index (χ4v) is 6.37. The smallest absolute Gasteiger partial charge is 0.328 e. The Balaban J connectivity index is 1.48. The number of benzene rings is 2. The molecule has 5 nitrogen and oxygen atoms in total. The van der Waals surface area contributed by atoms with Gasteiger partial charge in [0.25, 0.3) is 0 Å². The molecule has 2 heterocycles. The number of ether oxygens (including phenoxy) is 1. The summed E-state index contributed by atoms with van der Waals surface area (Å²) < 4.78 is 32.4. The zero-order chi connectivity index (χ0) is 16.5. The van der Waals surface area contributed by atoms with Crippen molar-refractivity contribution in [2.45, 2.75) is 23.0 Å². The Bertz CT molecular complexity index is 956. The molecule has 0 spiro atoms. The molecule has 0 aromatic heterocycles. The van der Waals surface area contributed by atoms with Gasteiger partial charge in [-0.1, -0.05) is 48.5 Å². The average Bonchev–Trinajstić information content (AvgIpc) is 3.15. The maximum Gasteiger partial charge on any atom is 0.328 e. The summed E-state index contributed by atoms with van der Waals surface area (Å²) in [5, 5.41) is 0. The van der Waals surface area contributed by atoms with Gasteiger partial charge >= 0.3 is 5.97 Å². The molecular formula is C18H15NO4S. The highest BCUT2D eigenvalue weighted by Gasteiger charge is 2.86. The van der Waals surface area contributed by atoms with Crippen LogP contribution in [0.15, 0.2) is 59.5 Å². The highest BCUT2D eigenvalue weighted by atomic mass is 32.2. The quantitative estimate of drug-likeness (QED) is 0.800. The van der Waals surface area contributed by atoms with Crippen molar-refractivity contribution in [2.24, 2.45) is 5.92 Å². The van der Waals surface area contributed by atoms with E-state index in [2.05, 4.69) is 0 Å². The summed E-state index contributed by atoms with van der Waals surface area (Å²) in [7, 11) is -3.62. The van der Waals surface area contributed by atoms with Crippen LogP contribution < -0.4 is 0 Å². The van der Waals surface area contributed by atoms with Gasteiger partial charge in [0.1, 0.15) is 12.1 Å². The Morgan fingerprint density at radius 3 is 2.62 bits per heavy atom. The van der Waals surface area contributed by atoms with Gasteiger partial charge in [-0.05, 0) is 17.2 Å². The Morgan fingerprint density at radius 1 is 1.12 bits per heavy atom. The van der Waals surface area contributed by atoms with Crippen molar-refractivity contribution in [3.63, 3.8) is 0 Å². The normalized spacial score (nSPS) is 31.3. The first-order chi connectivity index (χ1) is 11.6. The largest absolute Gasteiger partial charge is 0.459 e. The standard InChI is InChI=1S/C18H15NO4S/c20-17(23-11-12-6-2-1-3-7-12)18-14-10-19(18)24(21,22)15-9-5-4-8-13(15)16(14)18/h1-9,14,16H,10-11H2/t14-,16+,18+/m0/s1. The van der Waals surface area contributed by atoms with Crippen molar-refractivity contribution in [3.05, 3.63) is 65.7 Å². The summed E-state index contributed by atoms with van der Waals surface area (Å²) in [6, 6.07) is 16.4. The van der Waals surface area contributed by atoms with Gasteiger partial charge in [-0.2, -0.15) is 4.31 Å². The molecule has 0 N–H and O–H groups in total. The van der Waals surface area contributed by atoms with E-state index >= 15 is 0 Å². The van der Waals surface area contributed by atoms with Crippen molar-refractivity contribution in [1.82, 2.24) is 4.31 Å². The molecule has 24 heavy (non-hydrogen) atoms. The number of hydrogen-bond donors (Lipinski definition) is 0. The monoisotopic (exact) mass is 341 g/mol. The predicted octanol–water partition coefficient (Wildman–Crippen LogP) is 1.90. The van der Waals surface area contributed by atoms with Crippen LogP contribution in [0.2, 0.25) is 0 Å². The summed E-state index contributed by atoms with van der Waals surface area (Å²) in [5.74, 6) is -0.453. The number of rotatable bonds is 3. The molecule has 2 aromatic carbocycles.